The van der Waals surface area contributed by atoms with Crippen LogP contribution in [0.1, 0.15) is 19.3 Å². The SMILES string of the molecule is Nc1cccc(S(=O)(=O)CC2CCCCO2)c1. The fraction of sp³-hybridized carbons (Fsp3) is 0.500. The lowest BCUT2D eigenvalue weighted by Gasteiger charge is -2.22. The van der Waals surface area contributed by atoms with Crippen molar-refractivity contribution in [3.05, 3.63) is 24.3 Å². The Morgan fingerprint density at radius 1 is 1.35 bits per heavy atom. The first-order valence-corrected chi connectivity index (χ1v) is 7.43. The van der Waals surface area contributed by atoms with Gasteiger partial charge in [0.2, 0.25) is 0 Å². The molecule has 1 aliphatic rings. The summed E-state index contributed by atoms with van der Waals surface area (Å²) in [6, 6.07) is 6.41. The zero-order chi connectivity index (χ0) is 12.3. The quantitative estimate of drug-likeness (QED) is 0.833. The zero-order valence-corrected chi connectivity index (χ0v) is 10.4. The van der Waals surface area contributed by atoms with Crippen molar-refractivity contribution < 1.29 is 13.2 Å². The third-order valence-corrected chi connectivity index (χ3v) is 4.68. The van der Waals surface area contributed by atoms with Gasteiger partial charge in [-0.3, -0.25) is 0 Å². The fourth-order valence-electron chi connectivity index (χ4n) is 1.99. The summed E-state index contributed by atoms with van der Waals surface area (Å²) in [4.78, 5) is 0.284. The van der Waals surface area contributed by atoms with E-state index in [0.717, 1.165) is 19.3 Å². The number of hydrogen-bond acceptors (Lipinski definition) is 4. The predicted octanol–water partition coefficient (Wildman–Crippen LogP) is 1.61. The molecule has 0 radical (unpaired) electrons. The minimum absolute atomic E-state index is 0.0520. The second-order valence-corrected chi connectivity index (χ2v) is 6.38. The molecule has 94 valence electrons. The summed E-state index contributed by atoms with van der Waals surface area (Å²) in [5, 5.41) is 0. The van der Waals surface area contributed by atoms with E-state index >= 15 is 0 Å². The molecule has 0 amide bonds. The van der Waals surface area contributed by atoms with Gasteiger partial charge in [0, 0.05) is 12.3 Å². The Morgan fingerprint density at radius 2 is 2.18 bits per heavy atom. The average molecular weight is 255 g/mol. The van der Waals surface area contributed by atoms with Crippen LogP contribution in [0.2, 0.25) is 0 Å². The first-order chi connectivity index (χ1) is 8.08. The van der Waals surface area contributed by atoms with Crippen molar-refractivity contribution in [2.24, 2.45) is 0 Å². The second kappa shape index (κ2) is 5.06. The first kappa shape index (κ1) is 12.4. The lowest BCUT2D eigenvalue weighted by Crippen LogP contribution is -2.27. The van der Waals surface area contributed by atoms with Crippen LogP contribution in [-0.2, 0) is 14.6 Å². The van der Waals surface area contributed by atoms with Gasteiger partial charge in [-0.1, -0.05) is 6.07 Å². The number of sulfone groups is 1. The van der Waals surface area contributed by atoms with Gasteiger partial charge in [0.25, 0.3) is 0 Å². The van der Waals surface area contributed by atoms with E-state index in [1.807, 2.05) is 0 Å². The lowest BCUT2D eigenvalue weighted by molar-refractivity contribution is 0.0305. The van der Waals surface area contributed by atoms with Gasteiger partial charge in [-0.25, -0.2) is 8.42 Å². The van der Waals surface area contributed by atoms with E-state index in [4.69, 9.17) is 10.5 Å². The molecule has 1 aliphatic heterocycles. The van der Waals surface area contributed by atoms with E-state index in [1.165, 1.54) is 6.07 Å². The summed E-state index contributed by atoms with van der Waals surface area (Å²) in [6.07, 6.45) is 2.71. The molecule has 1 aromatic carbocycles. The van der Waals surface area contributed by atoms with E-state index in [1.54, 1.807) is 18.2 Å². The van der Waals surface area contributed by atoms with Crippen molar-refractivity contribution in [2.45, 2.75) is 30.3 Å². The predicted molar refractivity (Wildman–Crippen MR) is 66.5 cm³/mol. The van der Waals surface area contributed by atoms with Crippen LogP contribution in [0.5, 0.6) is 0 Å². The highest BCUT2D eigenvalue weighted by molar-refractivity contribution is 7.91. The molecule has 0 bridgehead atoms. The highest BCUT2D eigenvalue weighted by atomic mass is 32.2. The molecule has 5 heteroatoms. The number of nitrogen functional groups attached to an aromatic ring is 1. The molecule has 1 aromatic rings. The van der Waals surface area contributed by atoms with E-state index in [0.29, 0.717) is 12.3 Å². The summed E-state index contributed by atoms with van der Waals surface area (Å²) in [5.41, 5.74) is 6.06. The summed E-state index contributed by atoms with van der Waals surface area (Å²) < 4.78 is 29.7. The topological polar surface area (TPSA) is 69.4 Å². The van der Waals surface area contributed by atoms with Crippen molar-refractivity contribution in [3.63, 3.8) is 0 Å². The van der Waals surface area contributed by atoms with Crippen LogP contribution >= 0.6 is 0 Å². The Balaban J connectivity index is 2.13. The fourth-order valence-corrected chi connectivity index (χ4v) is 3.53. The van der Waals surface area contributed by atoms with Gasteiger partial charge >= 0.3 is 0 Å². The highest BCUT2D eigenvalue weighted by Crippen LogP contribution is 2.20. The molecule has 1 atom stereocenters. The molecule has 1 unspecified atom stereocenters. The highest BCUT2D eigenvalue weighted by Gasteiger charge is 2.23. The van der Waals surface area contributed by atoms with Crippen molar-refractivity contribution in [2.75, 3.05) is 18.1 Å². The van der Waals surface area contributed by atoms with Gasteiger partial charge < -0.3 is 10.5 Å². The molecule has 2 rings (SSSR count). The number of hydrogen-bond donors (Lipinski definition) is 1. The Bertz CT molecular complexity index is 478. The smallest absolute Gasteiger partial charge is 0.180 e. The van der Waals surface area contributed by atoms with Crippen LogP contribution < -0.4 is 5.73 Å². The minimum Gasteiger partial charge on any atom is -0.399 e. The standard InChI is InChI=1S/C12H17NO3S/c13-10-4-3-6-12(8-10)17(14,15)9-11-5-1-2-7-16-11/h3-4,6,8,11H,1-2,5,7,9,13H2. The Kier molecular flexibility index (Phi) is 3.69. The summed E-state index contributed by atoms with van der Waals surface area (Å²) in [6.45, 7) is 0.664. The van der Waals surface area contributed by atoms with Gasteiger partial charge in [-0.2, -0.15) is 0 Å². The molecule has 0 aliphatic carbocycles. The largest absolute Gasteiger partial charge is 0.399 e. The number of anilines is 1. The van der Waals surface area contributed by atoms with Crippen LogP contribution in [0, 0.1) is 0 Å². The van der Waals surface area contributed by atoms with Crippen LogP contribution in [0.3, 0.4) is 0 Å². The molecule has 1 saturated heterocycles. The van der Waals surface area contributed by atoms with Crippen LogP contribution in [0.25, 0.3) is 0 Å². The molecule has 1 heterocycles. The van der Waals surface area contributed by atoms with Crippen LogP contribution in [-0.4, -0.2) is 26.9 Å². The molecule has 2 N–H and O–H groups in total. The van der Waals surface area contributed by atoms with E-state index < -0.39 is 9.84 Å². The first-order valence-electron chi connectivity index (χ1n) is 5.78. The van der Waals surface area contributed by atoms with Crippen LogP contribution in [0.15, 0.2) is 29.2 Å². The van der Waals surface area contributed by atoms with Crippen molar-refractivity contribution in [3.8, 4) is 0 Å². The van der Waals surface area contributed by atoms with Gasteiger partial charge in [0.1, 0.15) is 0 Å². The molecule has 0 aromatic heterocycles. The maximum absolute atomic E-state index is 12.1. The van der Waals surface area contributed by atoms with Crippen molar-refractivity contribution in [1.29, 1.82) is 0 Å². The molecule has 17 heavy (non-hydrogen) atoms. The summed E-state index contributed by atoms with van der Waals surface area (Å²) >= 11 is 0. The Hall–Kier alpha value is -1.07. The van der Waals surface area contributed by atoms with Gasteiger partial charge in [-0.15, -0.1) is 0 Å². The van der Waals surface area contributed by atoms with Crippen LogP contribution in [0.4, 0.5) is 5.69 Å². The van der Waals surface area contributed by atoms with Crippen molar-refractivity contribution in [1.82, 2.24) is 0 Å². The number of ether oxygens (including phenoxy) is 1. The molecular formula is C12H17NO3S. The molecule has 4 nitrogen and oxygen atoms in total. The number of nitrogens with two attached hydrogens (primary N) is 1. The van der Waals surface area contributed by atoms with Gasteiger partial charge in [0.15, 0.2) is 9.84 Å². The lowest BCUT2D eigenvalue weighted by atomic mass is 10.1. The summed E-state index contributed by atoms with van der Waals surface area (Å²) in [7, 11) is -3.29. The van der Waals surface area contributed by atoms with Crippen molar-refractivity contribution >= 4 is 15.5 Å². The zero-order valence-electron chi connectivity index (χ0n) is 9.63. The maximum atomic E-state index is 12.1. The third-order valence-electron chi connectivity index (χ3n) is 2.90. The molecular weight excluding hydrogens is 238 g/mol. The monoisotopic (exact) mass is 255 g/mol. The van der Waals surface area contributed by atoms with E-state index in [2.05, 4.69) is 0 Å². The molecule has 0 saturated carbocycles. The number of benzene rings is 1. The Morgan fingerprint density at radius 3 is 2.82 bits per heavy atom. The van der Waals surface area contributed by atoms with E-state index in [-0.39, 0.29) is 16.8 Å². The number of rotatable bonds is 3. The Labute approximate surface area is 102 Å². The second-order valence-electron chi connectivity index (χ2n) is 4.34. The minimum atomic E-state index is -3.29. The van der Waals surface area contributed by atoms with Gasteiger partial charge in [-0.05, 0) is 37.5 Å². The molecule has 0 spiro atoms. The summed E-state index contributed by atoms with van der Waals surface area (Å²) in [5.74, 6) is 0.0520. The molecule has 1 fully saturated rings. The van der Waals surface area contributed by atoms with E-state index in [9.17, 15) is 8.42 Å². The third kappa shape index (κ3) is 3.20. The van der Waals surface area contributed by atoms with Gasteiger partial charge in [0.05, 0.1) is 16.8 Å². The normalized spacial score (nSPS) is 21.3. The average Bonchev–Trinajstić information content (AvgIpc) is 2.30. The maximum Gasteiger partial charge on any atom is 0.180 e.